The average molecular weight is 353 g/mol. The summed E-state index contributed by atoms with van der Waals surface area (Å²) in [5.74, 6) is -1.75. The normalized spacial score (nSPS) is 23.1. The molecule has 0 aromatic heterocycles. The zero-order valence-corrected chi connectivity index (χ0v) is 14.2. The van der Waals surface area contributed by atoms with Crippen molar-refractivity contribution in [1.29, 1.82) is 0 Å². The number of ether oxygens (including phenoxy) is 1. The van der Waals surface area contributed by atoms with Crippen LogP contribution in [0.4, 0.5) is 0 Å². The largest absolute Gasteiger partial charge is 0.481 e. The van der Waals surface area contributed by atoms with Crippen molar-refractivity contribution in [2.75, 3.05) is 0 Å². The minimum atomic E-state index is -1.36. The fourth-order valence-electron chi connectivity index (χ4n) is 3.80. The van der Waals surface area contributed by atoms with E-state index in [0.29, 0.717) is 17.9 Å². The summed E-state index contributed by atoms with van der Waals surface area (Å²) in [7, 11) is 0. The van der Waals surface area contributed by atoms with Gasteiger partial charge in [-0.3, -0.25) is 14.9 Å². The molecule has 2 aromatic carbocycles. The van der Waals surface area contributed by atoms with E-state index in [2.05, 4.69) is 5.32 Å². The number of para-hydroxylation sites is 2. The van der Waals surface area contributed by atoms with Crippen molar-refractivity contribution >= 4 is 11.9 Å². The van der Waals surface area contributed by atoms with Crippen LogP contribution in [0.3, 0.4) is 0 Å². The highest BCUT2D eigenvalue weighted by Crippen LogP contribution is 2.50. The number of hydrogen-bond acceptors (Lipinski definition) is 4. The molecule has 0 bridgehead atoms. The molecule has 1 fully saturated rings. The standard InChI is InChI=1S/C20H19NO5/c1-20(19(24)25,14-10-13(14)18(22)23)21-17-11-6-2-4-8-15(11)26-16-9-5-3-7-12(16)17/h2-9,13-14,17,21H,10H2,1H3,(H,22,23)(H,24,25)/t13-,14-,20-/m0/s1. The maximum Gasteiger partial charge on any atom is 0.323 e. The molecule has 0 saturated heterocycles. The van der Waals surface area contributed by atoms with E-state index < -0.39 is 35.4 Å². The molecule has 2 aliphatic rings. The third kappa shape index (κ3) is 2.54. The highest BCUT2D eigenvalue weighted by atomic mass is 16.5. The first-order chi connectivity index (χ1) is 12.4. The summed E-state index contributed by atoms with van der Waals surface area (Å²) in [5, 5.41) is 22.4. The maximum absolute atomic E-state index is 12.1. The van der Waals surface area contributed by atoms with E-state index in [-0.39, 0.29) is 0 Å². The topological polar surface area (TPSA) is 95.9 Å². The van der Waals surface area contributed by atoms with Crippen LogP contribution in [0.15, 0.2) is 48.5 Å². The van der Waals surface area contributed by atoms with Crippen molar-refractivity contribution in [3.63, 3.8) is 0 Å². The van der Waals surface area contributed by atoms with Gasteiger partial charge in [-0.05, 0) is 25.5 Å². The summed E-state index contributed by atoms with van der Waals surface area (Å²) in [6.45, 7) is 1.57. The minimum Gasteiger partial charge on any atom is -0.481 e. The molecule has 0 unspecified atom stereocenters. The van der Waals surface area contributed by atoms with E-state index in [9.17, 15) is 19.8 Å². The molecule has 134 valence electrons. The number of hydrogen-bond donors (Lipinski definition) is 3. The average Bonchev–Trinajstić information content (AvgIpc) is 3.43. The molecular weight excluding hydrogens is 334 g/mol. The molecule has 1 saturated carbocycles. The Bertz CT molecular complexity index is 850. The third-order valence-corrected chi connectivity index (χ3v) is 5.42. The summed E-state index contributed by atoms with van der Waals surface area (Å²) < 4.78 is 5.94. The molecule has 1 aliphatic carbocycles. The summed E-state index contributed by atoms with van der Waals surface area (Å²) in [5.41, 5.74) is 0.322. The van der Waals surface area contributed by atoms with Gasteiger partial charge >= 0.3 is 11.9 Å². The van der Waals surface area contributed by atoms with Gasteiger partial charge in [0.25, 0.3) is 0 Å². The Hall–Kier alpha value is -2.86. The molecule has 6 heteroatoms. The number of benzene rings is 2. The van der Waals surface area contributed by atoms with E-state index in [1.165, 1.54) is 0 Å². The van der Waals surface area contributed by atoms with Crippen molar-refractivity contribution in [3.8, 4) is 11.5 Å². The lowest BCUT2D eigenvalue weighted by Gasteiger charge is -2.36. The van der Waals surface area contributed by atoms with E-state index >= 15 is 0 Å². The SMILES string of the molecule is C[C@@](NC1c2ccccc2Oc2ccccc21)(C(=O)O)[C@H]1C[C@@H]1C(=O)O. The van der Waals surface area contributed by atoms with Gasteiger partial charge in [-0.25, -0.2) is 0 Å². The Labute approximate surface area is 150 Å². The predicted molar refractivity (Wildman–Crippen MR) is 93.2 cm³/mol. The molecule has 0 spiro atoms. The number of carboxylic acid groups (broad SMARTS) is 2. The molecule has 3 atom stereocenters. The number of carbonyl (C=O) groups is 2. The molecular formula is C20H19NO5. The highest BCUT2D eigenvalue weighted by molar-refractivity contribution is 5.83. The van der Waals surface area contributed by atoms with Crippen LogP contribution in [-0.4, -0.2) is 27.7 Å². The third-order valence-electron chi connectivity index (χ3n) is 5.42. The van der Waals surface area contributed by atoms with Crippen molar-refractivity contribution < 1.29 is 24.5 Å². The van der Waals surface area contributed by atoms with Gasteiger partial charge in [0.2, 0.25) is 0 Å². The Balaban J connectivity index is 1.75. The summed E-state index contributed by atoms with van der Waals surface area (Å²) in [4.78, 5) is 23.4. The Kier molecular flexibility index (Phi) is 3.73. The van der Waals surface area contributed by atoms with E-state index in [1.54, 1.807) is 6.92 Å². The predicted octanol–water partition coefficient (Wildman–Crippen LogP) is 3.04. The molecule has 1 heterocycles. The molecule has 4 rings (SSSR count). The molecule has 6 nitrogen and oxygen atoms in total. The smallest absolute Gasteiger partial charge is 0.323 e. The highest BCUT2D eigenvalue weighted by Gasteiger charge is 2.58. The van der Waals surface area contributed by atoms with Gasteiger partial charge < -0.3 is 14.9 Å². The first kappa shape index (κ1) is 16.6. The van der Waals surface area contributed by atoms with Crippen LogP contribution in [-0.2, 0) is 9.59 Å². The number of rotatable bonds is 5. The van der Waals surface area contributed by atoms with E-state index in [4.69, 9.17) is 4.74 Å². The Morgan fingerprint density at radius 2 is 1.58 bits per heavy atom. The lowest BCUT2D eigenvalue weighted by atomic mass is 9.88. The van der Waals surface area contributed by atoms with Gasteiger partial charge in [0.05, 0.1) is 12.0 Å². The van der Waals surface area contributed by atoms with Crippen molar-refractivity contribution in [3.05, 3.63) is 59.7 Å². The van der Waals surface area contributed by atoms with Crippen LogP contribution >= 0.6 is 0 Å². The number of carboxylic acids is 2. The molecule has 1 aliphatic heterocycles. The lowest BCUT2D eigenvalue weighted by molar-refractivity contribution is -0.146. The number of nitrogens with one attached hydrogen (secondary N) is 1. The molecule has 0 radical (unpaired) electrons. The molecule has 2 aromatic rings. The second-order valence-electron chi connectivity index (χ2n) is 7.05. The first-order valence-corrected chi connectivity index (χ1v) is 8.51. The van der Waals surface area contributed by atoms with Crippen molar-refractivity contribution in [2.45, 2.75) is 24.9 Å². The second-order valence-corrected chi connectivity index (χ2v) is 7.05. The summed E-state index contributed by atoms with van der Waals surface area (Å²) in [6.07, 6.45) is 0.359. The van der Waals surface area contributed by atoms with Crippen LogP contribution in [0.2, 0.25) is 0 Å². The van der Waals surface area contributed by atoms with Gasteiger partial charge in [0, 0.05) is 17.0 Å². The quantitative estimate of drug-likeness (QED) is 0.765. The van der Waals surface area contributed by atoms with Gasteiger partial charge in [-0.2, -0.15) is 0 Å². The minimum absolute atomic E-state index is 0.359. The lowest BCUT2D eigenvalue weighted by Crippen LogP contribution is -2.54. The zero-order valence-electron chi connectivity index (χ0n) is 14.2. The fraction of sp³-hybridized carbons (Fsp3) is 0.300. The van der Waals surface area contributed by atoms with Crippen molar-refractivity contribution in [2.24, 2.45) is 11.8 Å². The fourth-order valence-corrected chi connectivity index (χ4v) is 3.80. The summed E-state index contributed by atoms with van der Waals surface area (Å²) in [6, 6.07) is 14.6. The van der Waals surface area contributed by atoms with Gasteiger partial charge in [0.15, 0.2) is 0 Å². The van der Waals surface area contributed by atoms with Crippen LogP contribution in [0.5, 0.6) is 11.5 Å². The van der Waals surface area contributed by atoms with Gasteiger partial charge in [-0.15, -0.1) is 0 Å². The Morgan fingerprint density at radius 1 is 1.04 bits per heavy atom. The first-order valence-electron chi connectivity index (χ1n) is 8.51. The van der Waals surface area contributed by atoms with Gasteiger partial charge in [-0.1, -0.05) is 36.4 Å². The molecule has 26 heavy (non-hydrogen) atoms. The van der Waals surface area contributed by atoms with Crippen LogP contribution in [0.1, 0.15) is 30.5 Å². The zero-order chi connectivity index (χ0) is 18.5. The maximum atomic E-state index is 12.1. The van der Waals surface area contributed by atoms with E-state index in [0.717, 1.165) is 11.1 Å². The monoisotopic (exact) mass is 353 g/mol. The van der Waals surface area contributed by atoms with Gasteiger partial charge in [0.1, 0.15) is 17.0 Å². The van der Waals surface area contributed by atoms with Crippen LogP contribution < -0.4 is 10.1 Å². The van der Waals surface area contributed by atoms with Crippen LogP contribution in [0.25, 0.3) is 0 Å². The number of fused-ring (bicyclic) bond motifs is 2. The summed E-state index contributed by atoms with van der Waals surface area (Å²) >= 11 is 0. The second kappa shape index (κ2) is 5.85. The molecule has 0 amide bonds. The van der Waals surface area contributed by atoms with Crippen molar-refractivity contribution in [1.82, 2.24) is 5.32 Å². The number of aliphatic carboxylic acids is 2. The molecule has 3 N–H and O–H groups in total. The van der Waals surface area contributed by atoms with Crippen LogP contribution in [0, 0.1) is 11.8 Å². The van der Waals surface area contributed by atoms with E-state index in [1.807, 2.05) is 48.5 Å². The Morgan fingerprint density at radius 3 is 2.04 bits per heavy atom.